The van der Waals surface area contributed by atoms with Crippen LogP contribution in [0.5, 0.6) is 0 Å². The molecule has 0 fully saturated rings. The second-order valence-corrected chi connectivity index (χ2v) is 10.1. The van der Waals surface area contributed by atoms with Crippen LogP contribution in [-0.2, 0) is 19.1 Å². The van der Waals surface area contributed by atoms with Crippen LogP contribution in [-0.4, -0.2) is 28.9 Å². The van der Waals surface area contributed by atoms with Crippen LogP contribution in [0.4, 0.5) is 0 Å². The predicted octanol–water partition coefficient (Wildman–Crippen LogP) is 7.08. The first kappa shape index (κ1) is 28.3. The summed E-state index contributed by atoms with van der Waals surface area (Å²) in [5.41, 5.74) is 5.17. The first-order valence-electron chi connectivity index (χ1n) is 12.3. The fraction of sp³-hybridized carbons (Fsp3) is 0.500. The molecule has 5 heteroatoms. The zero-order valence-electron chi connectivity index (χ0n) is 22.4. The maximum atomic E-state index is 12.2. The van der Waals surface area contributed by atoms with Gasteiger partial charge in [0.25, 0.3) is 0 Å². The molecule has 0 spiro atoms. The summed E-state index contributed by atoms with van der Waals surface area (Å²) in [7, 11) is 0. The van der Waals surface area contributed by atoms with Crippen molar-refractivity contribution in [3.8, 4) is 0 Å². The molecule has 2 aliphatic carbocycles. The number of carbonyl (C=O) groups excluding carboxylic acids is 3. The molecule has 2 unspecified atom stereocenters. The lowest BCUT2D eigenvalue weighted by Gasteiger charge is -2.38. The highest BCUT2D eigenvalue weighted by atomic mass is 16.6. The Labute approximate surface area is 210 Å². The van der Waals surface area contributed by atoms with Gasteiger partial charge in [0, 0.05) is 19.8 Å². The van der Waals surface area contributed by atoms with Crippen LogP contribution in [0.3, 0.4) is 0 Å². The van der Waals surface area contributed by atoms with E-state index in [-0.39, 0.29) is 11.8 Å². The molecule has 0 heterocycles. The number of hydrogen-bond donors (Lipinski definition) is 0. The number of ketones is 1. The van der Waals surface area contributed by atoms with Gasteiger partial charge in [-0.3, -0.25) is 9.59 Å². The van der Waals surface area contributed by atoms with Crippen LogP contribution in [0.25, 0.3) is 0 Å². The van der Waals surface area contributed by atoms with Gasteiger partial charge in [0.05, 0.1) is 5.56 Å². The maximum absolute atomic E-state index is 12.2. The van der Waals surface area contributed by atoms with Gasteiger partial charge in [-0.25, -0.2) is 4.79 Å². The van der Waals surface area contributed by atoms with Crippen molar-refractivity contribution < 1.29 is 23.9 Å². The zero-order chi connectivity index (χ0) is 26.4. The highest BCUT2D eigenvalue weighted by molar-refractivity contribution is 5.94. The number of ether oxygens (including phenoxy) is 2. The van der Waals surface area contributed by atoms with Crippen molar-refractivity contribution >= 4 is 17.7 Å². The smallest absolute Gasteiger partial charge is 0.339 e. The van der Waals surface area contributed by atoms with Gasteiger partial charge in [0.2, 0.25) is 0 Å². The molecule has 0 aliphatic heterocycles. The second kappa shape index (κ2) is 11.7. The van der Waals surface area contributed by atoms with Gasteiger partial charge in [-0.2, -0.15) is 0 Å². The van der Waals surface area contributed by atoms with Crippen molar-refractivity contribution in [2.45, 2.75) is 98.2 Å². The first-order valence-corrected chi connectivity index (χ1v) is 12.3. The molecule has 0 saturated carbocycles. The third kappa shape index (κ3) is 7.03. The van der Waals surface area contributed by atoms with Crippen molar-refractivity contribution in [2.75, 3.05) is 0 Å². The minimum Gasteiger partial charge on any atom is -0.454 e. The topological polar surface area (TPSA) is 69.7 Å². The normalized spacial score (nSPS) is 24.2. The standard InChI is InChI=1S/C17H20O3.C13H20O2/c1-12-9-10-17(14(3)18,11-13(12)2)20-16(19)15-7-5-4-6-8-15;1-9(2)13(15-12(5)14)7-6-10(3)11(4)8-13/h4-8H,9-11H2,1-3H3;1,6-8H2,2-5H3. The summed E-state index contributed by atoms with van der Waals surface area (Å²) in [5, 5.41) is 0. The molecule has 2 atom stereocenters. The molecule has 1 aromatic rings. The van der Waals surface area contributed by atoms with Crippen LogP contribution in [0.15, 0.2) is 64.8 Å². The van der Waals surface area contributed by atoms with E-state index >= 15 is 0 Å². The molecule has 0 aromatic heterocycles. The summed E-state index contributed by atoms with van der Waals surface area (Å²) in [6.45, 7) is 17.2. The molecule has 1 aromatic carbocycles. The number of allylic oxidation sites excluding steroid dienone is 2. The van der Waals surface area contributed by atoms with E-state index in [1.165, 1.54) is 30.6 Å². The van der Waals surface area contributed by atoms with Crippen molar-refractivity contribution in [3.63, 3.8) is 0 Å². The van der Waals surface area contributed by atoms with Gasteiger partial charge in [-0.05, 0) is 84.9 Å². The fourth-order valence-electron chi connectivity index (χ4n) is 4.62. The largest absolute Gasteiger partial charge is 0.454 e. The Morgan fingerprint density at radius 2 is 1.23 bits per heavy atom. The quantitative estimate of drug-likeness (QED) is 0.333. The van der Waals surface area contributed by atoms with Crippen LogP contribution in [0.2, 0.25) is 0 Å². The maximum Gasteiger partial charge on any atom is 0.339 e. The molecule has 5 nitrogen and oxygen atoms in total. The number of hydrogen-bond acceptors (Lipinski definition) is 5. The average Bonchev–Trinajstić information content (AvgIpc) is 2.79. The minimum absolute atomic E-state index is 0.0753. The fourth-order valence-corrected chi connectivity index (χ4v) is 4.62. The number of benzene rings is 1. The first-order chi connectivity index (χ1) is 16.3. The summed E-state index contributed by atoms with van der Waals surface area (Å²) >= 11 is 0. The average molecular weight is 481 g/mol. The number of Topliss-reactive ketones (excluding diaryl/α,β-unsaturated/α-hetero) is 1. The van der Waals surface area contributed by atoms with E-state index in [2.05, 4.69) is 27.4 Å². The third-order valence-electron chi connectivity index (χ3n) is 7.42. The third-order valence-corrected chi connectivity index (χ3v) is 7.42. The van der Waals surface area contributed by atoms with E-state index < -0.39 is 17.2 Å². The Bertz CT molecular complexity index is 1050. The van der Waals surface area contributed by atoms with E-state index in [4.69, 9.17) is 9.47 Å². The van der Waals surface area contributed by atoms with E-state index in [0.717, 1.165) is 36.8 Å². The van der Waals surface area contributed by atoms with E-state index in [1.807, 2.05) is 19.9 Å². The lowest BCUT2D eigenvalue weighted by atomic mass is 9.77. The Morgan fingerprint density at radius 3 is 1.66 bits per heavy atom. The molecule has 0 radical (unpaired) electrons. The summed E-state index contributed by atoms with van der Waals surface area (Å²) in [4.78, 5) is 35.4. The van der Waals surface area contributed by atoms with Crippen LogP contribution >= 0.6 is 0 Å². The van der Waals surface area contributed by atoms with Gasteiger partial charge >= 0.3 is 11.9 Å². The van der Waals surface area contributed by atoms with Gasteiger partial charge in [0.15, 0.2) is 11.4 Å². The Balaban J connectivity index is 0.000000258. The summed E-state index contributed by atoms with van der Waals surface area (Å²) < 4.78 is 11.1. The van der Waals surface area contributed by atoms with Crippen LogP contribution in [0.1, 0.15) is 97.3 Å². The lowest BCUT2D eigenvalue weighted by Crippen LogP contribution is -2.44. The molecule has 2 aliphatic rings. The van der Waals surface area contributed by atoms with Gasteiger partial charge in [-0.1, -0.05) is 47.1 Å². The summed E-state index contributed by atoms with van der Waals surface area (Å²) in [5.74, 6) is -0.716. The summed E-state index contributed by atoms with van der Waals surface area (Å²) in [6, 6.07) is 8.81. The number of rotatable bonds is 5. The lowest BCUT2D eigenvalue weighted by molar-refractivity contribution is -0.154. The highest BCUT2D eigenvalue weighted by Gasteiger charge is 2.42. The Kier molecular flexibility index (Phi) is 9.42. The van der Waals surface area contributed by atoms with Gasteiger partial charge < -0.3 is 9.47 Å². The molecule has 0 bridgehead atoms. The van der Waals surface area contributed by atoms with Gasteiger partial charge in [-0.15, -0.1) is 0 Å². The Hall–Kier alpha value is -2.95. The molecule has 0 N–H and O–H groups in total. The van der Waals surface area contributed by atoms with Crippen LogP contribution < -0.4 is 0 Å². The number of carbonyl (C=O) groups is 3. The van der Waals surface area contributed by atoms with E-state index in [1.54, 1.807) is 24.3 Å². The van der Waals surface area contributed by atoms with Crippen molar-refractivity contribution in [2.24, 2.45) is 0 Å². The molecule has 3 rings (SSSR count). The highest BCUT2D eigenvalue weighted by Crippen LogP contribution is 2.39. The second-order valence-electron chi connectivity index (χ2n) is 10.1. The molecular formula is C30H40O5. The van der Waals surface area contributed by atoms with Crippen LogP contribution in [0, 0.1) is 0 Å². The van der Waals surface area contributed by atoms with Gasteiger partial charge in [0.1, 0.15) is 5.60 Å². The van der Waals surface area contributed by atoms with E-state index in [9.17, 15) is 14.4 Å². The minimum atomic E-state index is -0.990. The molecule has 0 saturated heterocycles. The predicted molar refractivity (Wildman–Crippen MR) is 139 cm³/mol. The molecule has 35 heavy (non-hydrogen) atoms. The van der Waals surface area contributed by atoms with Crippen molar-refractivity contribution in [1.82, 2.24) is 0 Å². The SMILES string of the molecule is C=C(C)C1(OC(C)=O)CCC(C)=C(C)C1.CC(=O)C1(OC(=O)c2ccccc2)CCC(C)=C(C)C1. The number of esters is 2. The Morgan fingerprint density at radius 1 is 0.743 bits per heavy atom. The molecule has 190 valence electrons. The van der Waals surface area contributed by atoms with Crippen molar-refractivity contribution in [1.29, 1.82) is 0 Å². The van der Waals surface area contributed by atoms with Crippen molar-refractivity contribution in [3.05, 3.63) is 70.3 Å². The molecular weight excluding hydrogens is 440 g/mol. The molecule has 0 amide bonds. The zero-order valence-corrected chi connectivity index (χ0v) is 22.4. The monoisotopic (exact) mass is 480 g/mol. The van der Waals surface area contributed by atoms with E-state index in [0.29, 0.717) is 18.4 Å². The summed E-state index contributed by atoms with van der Waals surface area (Å²) in [6.07, 6.45) is 4.54.